The molecule has 176 valence electrons. The summed E-state index contributed by atoms with van der Waals surface area (Å²) in [5.74, 6) is 0.909. The highest BCUT2D eigenvalue weighted by Crippen LogP contribution is 2.44. The van der Waals surface area contributed by atoms with Crippen LogP contribution < -0.4 is 15.2 Å². The molecule has 2 saturated heterocycles. The Balaban J connectivity index is 1.27. The van der Waals surface area contributed by atoms with Gasteiger partial charge >= 0.3 is 0 Å². The number of ether oxygens (including phenoxy) is 5. The average Bonchev–Trinajstić information content (AvgIpc) is 3.48. The molecule has 4 atom stereocenters. The lowest BCUT2D eigenvalue weighted by Gasteiger charge is -2.25. The number of nitrogens with zero attached hydrogens (tertiary/aromatic N) is 4. The zero-order valence-electron chi connectivity index (χ0n) is 19.0. The molecule has 2 aliphatic rings. The van der Waals surface area contributed by atoms with Crippen LogP contribution in [0.1, 0.15) is 20.1 Å². The summed E-state index contributed by atoms with van der Waals surface area (Å²) in [6.45, 7) is 4.08. The molecule has 0 spiro atoms. The Labute approximate surface area is 195 Å². The van der Waals surface area contributed by atoms with E-state index in [1.165, 1.54) is 6.33 Å². The lowest BCUT2D eigenvalue weighted by atomic mass is 10.1. The monoisotopic (exact) mass is 463 g/mol. The predicted octanol–water partition coefficient (Wildman–Crippen LogP) is 3.07. The maximum atomic E-state index is 6.43. The number of hydrogen-bond acceptors (Lipinski definition) is 9. The molecule has 2 fully saturated rings. The number of nitrogens with two attached hydrogens (primary N) is 1. The van der Waals surface area contributed by atoms with Crippen LogP contribution in [0.5, 0.6) is 11.6 Å². The van der Waals surface area contributed by atoms with Crippen molar-refractivity contribution in [1.82, 2.24) is 19.5 Å². The lowest BCUT2D eigenvalue weighted by Crippen LogP contribution is -2.33. The lowest BCUT2D eigenvalue weighted by molar-refractivity contribution is -0.198. The number of fused-ring (bicyclic) bond motifs is 3. The number of methoxy groups -OCH3 is 1. The van der Waals surface area contributed by atoms with Crippen LogP contribution in [0.15, 0.2) is 48.9 Å². The van der Waals surface area contributed by atoms with E-state index in [2.05, 4.69) is 15.0 Å². The topological polar surface area (TPSA) is 116 Å². The second-order valence-corrected chi connectivity index (χ2v) is 8.87. The van der Waals surface area contributed by atoms with Crippen molar-refractivity contribution in [3.8, 4) is 11.6 Å². The highest BCUT2D eigenvalue weighted by Gasteiger charge is 2.56. The molecule has 2 N–H and O–H groups in total. The highest BCUT2D eigenvalue weighted by molar-refractivity contribution is 5.82. The second-order valence-electron chi connectivity index (χ2n) is 8.87. The van der Waals surface area contributed by atoms with E-state index < -0.39 is 12.0 Å². The Hall–Kier alpha value is -3.47. The van der Waals surface area contributed by atoms with Crippen LogP contribution in [0, 0.1) is 0 Å². The molecule has 6 rings (SSSR count). The minimum atomic E-state index is -0.740. The minimum Gasteiger partial charge on any atom is -0.491 e. The molecule has 3 aromatic heterocycles. The molecule has 0 radical (unpaired) electrons. The fourth-order valence-electron chi connectivity index (χ4n) is 4.71. The average molecular weight is 463 g/mol. The molecule has 10 nitrogen and oxygen atoms in total. The standard InChI is InChI=1S/C24H25N5O5/c1-24(2)33-19-17(11-31-14-6-4-13-5-7-18(25)28-16(13)10-14)32-23(20(19)34-24)29-9-8-15-21(29)26-12-27-22(15)30-3/h4-10,12,17,19-20,23H,11H2,1-3H3,(H2,25,28)/t17-,19-,20-,23-/m1/s1. The van der Waals surface area contributed by atoms with E-state index in [0.29, 0.717) is 23.1 Å². The zero-order valence-corrected chi connectivity index (χ0v) is 19.0. The molecule has 0 saturated carbocycles. The number of nitrogen functional groups attached to an aromatic ring is 1. The van der Waals surface area contributed by atoms with E-state index >= 15 is 0 Å². The maximum absolute atomic E-state index is 6.43. The molecule has 5 heterocycles. The molecule has 34 heavy (non-hydrogen) atoms. The Morgan fingerprint density at radius 2 is 1.91 bits per heavy atom. The van der Waals surface area contributed by atoms with Crippen molar-refractivity contribution >= 4 is 27.8 Å². The summed E-state index contributed by atoms with van der Waals surface area (Å²) in [6, 6.07) is 11.3. The third-order valence-corrected chi connectivity index (χ3v) is 6.16. The summed E-state index contributed by atoms with van der Waals surface area (Å²) in [5, 5.41) is 1.79. The summed E-state index contributed by atoms with van der Waals surface area (Å²) in [4.78, 5) is 13.0. The van der Waals surface area contributed by atoms with Gasteiger partial charge in [-0.25, -0.2) is 15.0 Å². The Kier molecular flexibility index (Phi) is 4.83. The van der Waals surface area contributed by atoms with Crippen LogP contribution in [0.4, 0.5) is 5.82 Å². The Bertz CT molecular complexity index is 1370. The third kappa shape index (κ3) is 3.51. The van der Waals surface area contributed by atoms with Gasteiger partial charge in [0.05, 0.1) is 18.0 Å². The van der Waals surface area contributed by atoms with Gasteiger partial charge in [0.15, 0.2) is 12.0 Å². The molecule has 0 bridgehead atoms. The van der Waals surface area contributed by atoms with Crippen molar-refractivity contribution in [2.45, 2.75) is 44.2 Å². The van der Waals surface area contributed by atoms with Crippen molar-refractivity contribution in [2.75, 3.05) is 19.5 Å². The van der Waals surface area contributed by atoms with E-state index in [4.69, 9.17) is 29.4 Å². The van der Waals surface area contributed by atoms with Gasteiger partial charge in [-0.15, -0.1) is 0 Å². The smallest absolute Gasteiger partial charge is 0.225 e. The first kappa shape index (κ1) is 21.1. The van der Waals surface area contributed by atoms with E-state index in [0.717, 1.165) is 16.3 Å². The normalized spacial score (nSPS) is 25.6. The van der Waals surface area contributed by atoms with Crippen LogP contribution in [0.2, 0.25) is 0 Å². The van der Waals surface area contributed by atoms with Crippen LogP contribution in [-0.4, -0.2) is 57.3 Å². The SMILES string of the molecule is COc1ncnc2c1ccn2[C@@H]1O[C@H](COc2ccc3ccc(N)nc3c2)[C@H]2OC(C)(C)O[C@H]21. The first-order chi connectivity index (χ1) is 16.4. The molecule has 0 unspecified atom stereocenters. The molecular formula is C24H25N5O5. The number of aromatic nitrogens is 4. The molecular weight excluding hydrogens is 438 g/mol. The Morgan fingerprint density at radius 1 is 1.09 bits per heavy atom. The van der Waals surface area contributed by atoms with Gasteiger partial charge in [-0.3, -0.25) is 0 Å². The molecule has 2 aliphatic heterocycles. The quantitative estimate of drug-likeness (QED) is 0.477. The van der Waals surface area contributed by atoms with Crippen molar-refractivity contribution in [1.29, 1.82) is 0 Å². The Morgan fingerprint density at radius 3 is 2.76 bits per heavy atom. The zero-order chi connectivity index (χ0) is 23.4. The predicted molar refractivity (Wildman–Crippen MR) is 123 cm³/mol. The number of anilines is 1. The number of hydrogen-bond donors (Lipinski definition) is 1. The summed E-state index contributed by atoms with van der Waals surface area (Å²) < 4.78 is 32.3. The number of pyridine rings is 1. The molecule has 10 heteroatoms. The molecule has 1 aromatic carbocycles. The number of rotatable bonds is 5. The van der Waals surface area contributed by atoms with Crippen molar-refractivity contribution in [2.24, 2.45) is 0 Å². The largest absolute Gasteiger partial charge is 0.491 e. The van der Waals surface area contributed by atoms with Gasteiger partial charge in [-0.05, 0) is 44.2 Å². The van der Waals surface area contributed by atoms with Crippen molar-refractivity contribution < 1.29 is 23.7 Å². The highest BCUT2D eigenvalue weighted by atomic mass is 16.8. The van der Waals surface area contributed by atoms with E-state index in [9.17, 15) is 0 Å². The van der Waals surface area contributed by atoms with Gasteiger partial charge in [0, 0.05) is 17.6 Å². The van der Waals surface area contributed by atoms with Crippen molar-refractivity contribution in [3.05, 3.63) is 48.9 Å². The van der Waals surface area contributed by atoms with Gasteiger partial charge in [-0.1, -0.05) is 0 Å². The maximum Gasteiger partial charge on any atom is 0.225 e. The van der Waals surface area contributed by atoms with E-state index in [1.54, 1.807) is 13.2 Å². The summed E-state index contributed by atoms with van der Waals surface area (Å²) in [7, 11) is 1.58. The second kappa shape index (κ2) is 7.79. The van der Waals surface area contributed by atoms with Crippen LogP contribution in [-0.2, 0) is 14.2 Å². The van der Waals surface area contributed by atoms with E-state index in [-0.39, 0.29) is 24.9 Å². The molecule has 0 aliphatic carbocycles. The van der Waals surface area contributed by atoms with Crippen LogP contribution in [0.3, 0.4) is 0 Å². The van der Waals surface area contributed by atoms with Crippen molar-refractivity contribution in [3.63, 3.8) is 0 Å². The summed E-state index contributed by atoms with van der Waals surface area (Å²) >= 11 is 0. The molecule has 4 aromatic rings. The minimum absolute atomic E-state index is 0.280. The van der Waals surface area contributed by atoms with Crippen LogP contribution >= 0.6 is 0 Å². The first-order valence-electron chi connectivity index (χ1n) is 11.1. The van der Waals surface area contributed by atoms with Gasteiger partial charge in [0.25, 0.3) is 0 Å². The van der Waals surface area contributed by atoms with Gasteiger partial charge in [0.1, 0.15) is 48.5 Å². The third-order valence-electron chi connectivity index (χ3n) is 6.16. The molecule has 0 amide bonds. The van der Waals surface area contributed by atoms with Gasteiger partial charge in [-0.2, -0.15) is 0 Å². The fourth-order valence-corrected chi connectivity index (χ4v) is 4.71. The summed E-state index contributed by atoms with van der Waals surface area (Å²) in [5.41, 5.74) is 7.30. The fraction of sp³-hybridized carbons (Fsp3) is 0.375. The first-order valence-corrected chi connectivity index (χ1v) is 11.1. The van der Waals surface area contributed by atoms with E-state index in [1.807, 2.05) is 54.9 Å². The van der Waals surface area contributed by atoms with Gasteiger partial charge in [0.2, 0.25) is 5.88 Å². The van der Waals surface area contributed by atoms with Gasteiger partial charge < -0.3 is 34.0 Å². The van der Waals surface area contributed by atoms with Crippen LogP contribution in [0.25, 0.3) is 21.9 Å². The number of benzene rings is 1. The summed E-state index contributed by atoms with van der Waals surface area (Å²) in [6.07, 6.45) is 1.92.